The van der Waals surface area contributed by atoms with Crippen LogP contribution in [-0.4, -0.2) is 35.0 Å². The summed E-state index contributed by atoms with van der Waals surface area (Å²) in [6.45, 7) is 0. The van der Waals surface area contributed by atoms with Crippen molar-refractivity contribution in [3.8, 4) is 0 Å². The number of carboxylic acids is 1. The Bertz CT molecular complexity index is 937. The molecule has 3 rings (SSSR count). The van der Waals surface area contributed by atoms with Gasteiger partial charge in [0, 0.05) is 11.6 Å². The zero-order chi connectivity index (χ0) is 20.0. The monoisotopic (exact) mass is 380 g/mol. The first-order chi connectivity index (χ1) is 12.7. The number of rotatable bonds is 3. The molecule has 0 aliphatic carbocycles. The quantitative estimate of drug-likeness (QED) is 0.673. The van der Waals surface area contributed by atoms with Crippen LogP contribution in [-0.2, 0) is 9.53 Å². The molecule has 1 heterocycles. The maximum atomic E-state index is 11.8. The first kappa shape index (κ1) is 19.8. The molecule has 6 nitrogen and oxygen atoms in total. The predicted octanol–water partition coefficient (Wildman–Crippen LogP) is 3.94. The van der Waals surface area contributed by atoms with E-state index in [9.17, 15) is 18.0 Å². The summed E-state index contributed by atoms with van der Waals surface area (Å²) in [4.78, 5) is 20.7. The Morgan fingerprint density at radius 1 is 1.04 bits per heavy atom. The van der Waals surface area contributed by atoms with Crippen LogP contribution in [0.4, 0.5) is 18.9 Å². The Labute approximate surface area is 151 Å². The molecule has 27 heavy (non-hydrogen) atoms. The molecular formula is C18H15F3N2O4. The Morgan fingerprint density at radius 2 is 1.59 bits per heavy atom. The number of carbonyl (C=O) groups excluding carboxylic acids is 1. The molecule has 0 bridgehead atoms. The Hall–Kier alpha value is -3.49. The van der Waals surface area contributed by atoms with Gasteiger partial charge in [0.1, 0.15) is 0 Å². The number of anilines is 1. The van der Waals surface area contributed by atoms with E-state index >= 15 is 0 Å². The van der Waals surface area contributed by atoms with Crippen LogP contribution in [0, 0.1) is 0 Å². The molecule has 0 atom stereocenters. The van der Waals surface area contributed by atoms with Crippen molar-refractivity contribution in [2.75, 3.05) is 12.5 Å². The molecular weight excluding hydrogens is 365 g/mol. The van der Waals surface area contributed by atoms with E-state index in [4.69, 9.17) is 14.6 Å². The highest BCUT2D eigenvalue weighted by molar-refractivity contribution is 6.04. The third kappa shape index (κ3) is 5.00. The maximum Gasteiger partial charge on any atom is 0.490 e. The molecule has 0 aliphatic rings. The summed E-state index contributed by atoms with van der Waals surface area (Å²) in [5, 5.41) is 7.99. The number of ether oxygens (including phenoxy) is 1. The molecule has 0 saturated carbocycles. The van der Waals surface area contributed by atoms with Crippen LogP contribution in [0.2, 0.25) is 0 Å². The van der Waals surface area contributed by atoms with E-state index in [0.717, 1.165) is 16.6 Å². The third-order valence-corrected chi connectivity index (χ3v) is 3.38. The first-order valence-electron chi connectivity index (χ1n) is 7.54. The van der Waals surface area contributed by atoms with Crippen LogP contribution in [0.3, 0.4) is 0 Å². The topological polar surface area (TPSA) is 80.6 Å². The van der Waals surface area contributed by atoms with Gasteiger partial charge < -0.3 is 9.84 Å². The second-order valence-corrected chi connectivity index (χ2v) is 5.20. The van der Waals surface area contributed by atoms with Crippen LogP contribution < -0.4 is 5.43 Å². The zero-order valence-electron chi connectivity index (χ0n) is 14.0. The maximum absolute atomic E-state index is 11.8. The standard InChI is InChI=1S/C16H14N2O2.C2HF3O2/c1-20-16(19)14-11-18(15-10-6-5-9-13(14)15)17-12-7-3-2-4-8-12;3-2(4,5)1(6)7/h2-11,17H,1H3;(H,6,7). The van der Waals surface area contributed by atoms with Crippen LogP contribution in [0.15, 0.2) is 60.8 Å². The number of nitrogens with one attached hydrogen (secondary N) is 1. The number of carbonyl (C=O) groups is 2. The molecule has 1 aromatic heterocycles. The van der Waals surface area contributed by atoms with E-state index in [-0.39, 0.29) is 5.97 Å². The zero-order valence-corrected chi connectivity index (χ0v) is 14.0. The average Bonchev–Trinajstić information content (AvgIpc) is 3.00. The number of halogens is 3. The summed E-state index contributed by atoms with van der Waals surface area (Å²) in [6.07, 6.45) is -3.33. The molecule has 0 radical (unpaired) electrons. The number of esters is 1. The molecule has 2 aromatic carbocycles. The number of hydrogen-bond donors (Lipinski definition) is 2. The lowest BCUT2D eigenvalue weighted by atomic mass is 10.2. The number of aliphatic carboxylic acids is 1. The fourth-order valence-electron chi connectivity index (χ4n) is 2.20. The minimum absolute atomic E-state index is 0.338. The number of fused-ring (bicyclic) bond motifs is 1. The molecule has 0 aliphatic heterocycles. The van der Waals surface area contributed by atoms with Gasteiger partial charge in [-0.1, -0.05) is 36.4 Å². The van der Waals surface area contributed by atoms with Crippen LogP contribution in [0.1, 0.15) is 10.4 Å². The summed E-state index contributed by atoms with van der Waals surface area (Å²) in [6, 6.07) is 17.5. The first-order valence-corrected chi connectivity index (χ1v) is 7.54. The lowest BCUT2D eigenvalue weighted by molar-refractivity contribution is -0.192. The number of nitrogens with zero attached hydrogens (tertiary/aromatic N) is 1. The Kier molecular flexibility index (Phi) is 6.07. The number of alkyl halides is 3. The summed E-state index contributed by atoms with van der Waals surface area (Å²) in [7, 11) is 1.39. The lowest BCUT2D eigenvalue weighted by Gasteiger charge is -2.08. The van der Waals surface area contributed by atoms with Crippen LogP contribution in [0.5, 0.6) is 0 Å². The highest BCUT2D eigenvalue weighted by Crippen LogP contribution is 2.22. The minimum atomic E-state index is -5.08. The molecule has 0 amide bonds. The largest absolute Gasteiger partial charge is 0.490 e. The number of hydrogen-bond acceptors (Lipinski definition) is 4. The van der Waals surface area contributed by atoms with Gasteiger partial charge in [-0.3, -0.25) is 10.1 Å². The van der Waals surface area contributed by atoms with Gasteiger partial charge >= 0.3 is 18.1 Å². The van der Waals surface area contributed by atoms with Gasteiger partial charge in [-0.05, 0) is 18.2 Å². The fraction of sp³-hybridized carbons (Fsp3) is 0.111. The number of carboxylic acid groups (broad SMARTS) is 1. The minimum Gasteiger partial charge on any atom is -0.475 e. The Morgan fingerprint density at radius 3 is 2.15 bits per heavy atom. The average molecular weight is 380 g/mol. The van der Waals surface area contributed by atoms with E-state index < -0.39 is 12.1 Å². The van der Waals surface area contributed by atoms with E-state index in [2.05, 4.69) is 5.43 Å². The van der Waals surface area contributed by atoms with Crippen molar-refractivity contribution in [2.24, 2.45) is 0 Å². The number of benzene rings is 2. The predicted molar refractivity (Wildman–Crippen MR) is 92.4 cm³/mol. The number of para-hydroxylation sites is 2. The summed E-state index contributed by atoms with van der Waals surface area (Å²) in [5.74, 6) is -3.10. The summed E-state index contributed by atoms with van der Waals surface area (Å²) >= 11 is 0. The fourth-order valence-corrected chi connectivity index (χ4v) is 2.20. The number of aromatic nitrogens is 1. The van der Waals surface area contributed by atoms with Crippen LogP contribution in [0.25, 0.3) is 10.9 Å². The molecule has 9 heteroatoms. The van der Waals surface area contributed by atoms with E-state index in [1.165, 1.54) is 7.11 Å². The molecule has 0 unspecified atom stereocenters. The molecule has 142 valence electrons. The number of methoxy groups -OCH3 is 1. The van der Waals surface area contributed by atoms with Gasteiger partial charge in [0.05, 0.1) is 23.9 Å². The lowest BCUT2D eigenvalue weighted by Crippen LogP contribution is -2.21. The summed E-state index contributed by atoms with van der Waals surface area (Å²) < 4.78 is 38.4. The normalized spacial score (nSPS) is 10.7. The van der Waals surface area contributed by atoms with Crippen molar-refractivity contribution in [3.63, 3.8) is 0 Å². The van der Waals surface area contributed by atoms with Crippen molar-refractivity contribution in [1.82, 2.24) is 4.68 Å². The molecule has 0 spiro atoms. The van der Waals surface area contributed by atoms with Crippen molar-refractivity contribution in [3.05, 3.63) is 66.4 Å². The second kappa shape index (κ2) is 8.26. The highest BCUT2D eigenvalue weighted by atomic mass is 19.4. The highest BCUT2D eigenvalue weighted by Gasteiger charge is 2.38. The van der Waals surface area contributed by atoms with Crippen LogP contribution >= 0.6 is 0 Å². The molecule has 3 aromatic rings. The van der Waals surface area contributed by atoms with Gasteiger partial charge in [-0.15, -0.1) is 0 Å². The van der Waals surface area contributed by atoms with Gasteiger partial charge in [-0.25, -0.2) is 9.59 Å². The van der Waals surface area contributed by atoms with E-state index in [1.54, 1.807) is 6.20 Å². The van der Waals surface area contributed by atoms with Gasteiger partial charge in [-0.2, -0.15) is 13.2 Å². The third-order valence-electron chi connectivity index (χ3n) is 3.38. The SMILES string of the molecule is COC(=O)c1cn(Nc2ccccc2)c2ccccc12.O=C(O)C(F)(F)F. The van der Waals surface area contributed by atoms with E-state index in [1.807, 2.05) is 59.3 Å². The molecule has 0 saturated heterocycles. The van der Waals surface area contributed by atoms with Gasteiger partial charge in [0.25, 0.3) is 0 Å². The second-order valence-electron chi connectivity index (χ2n) is 5.20. The van der Waals surface area contributed by atoms with Gasteiger partial charge in [0.15, 0.2) is 0 Å². The molecule has 2 N–H and O–H groups in total. The van der Waals surface area contributed by atoms with Crippen molar-refractivity contribution in [1.29, 1.82) is 0 Å². The van der Waals surface area contributed by atoms with Crippen molar-refractivity contribution >= 4 is 28.5 Å². The van der Waals surface area contributed by atoms with Crippen molar-refractivity contribution < 1.29 is 32.6 Å². The smallest absolute Gasteiger partial charge is 0.475 e. The summed E-state index contributed by atoms with van der Waals surface area (Å²) in [5.41, 5.74) is 5.68. The van der Waals surface area contributed by atoms with E-state index in [0.29, 0.717) is 5.56 Å². The van der Waals surface area contributed by atoms with Gasteiger partial charge in [0.2, 0.25) is 0 Å². The molecule has 0 fully saturated rings. The Balaban J connectivity index is 0.000000321. The van der Waals surface area contributed by atoms with Crippen molar-refractivity contribution in [2.45, 2.75) is 6.18 Å².